The largest absolute Gasteiger partial charge is 0.480 e. The molecule has 1 aromatic carbocycles. The third kappa shape index (κ3) is 3.12. The normalized spacial score (nSPS) is 20.6. The molecule has 1 N–H and O–H groups in total. The number of anilines is 1. The first-order chi connectivity index (χ1) is 8.97. The third-order valence-electron chi connectivity index (χ3n) is 3.39. The molecule has 5 heteroatoms. The average Bonchev–Trinajstić information content (AvgIpc) is 2.34. The Kier molecular flexibility index (Phi) is 3.85. The van der Waals surface area contributed by atoms with Crippen molar-refractivity contribution in [1.29, 1.82) is 0 Å². The number of hydrogen-bond donors (Lipinski definition) is 1. The van der Waals surface area contributed by atoms with Gasteiger partial charge in [0.2, 0.25) is 5.91 Å². The van der Waals surface area contributed by atoms with Crippen LogP contribution in [0.5, 0.6) is 0 Å². The van der Waals surface area contributed by atoms with Crippen molar-refractivity contribution >= 4 is 17.6 Å². The maximum atomic E-state index is 12.1. The number of hydrogen-bond acceptors (Lipinski definition) is 3. The molecule has 1 saturated heterocycles. The van der Waals surface area contributed by atoms with E-state index in [1.165, 1.54) is 0 Å². The van der Waals surface area contributed by atoms with Gasteiger partial charge in [-0.2, -0.15) is 0 Å². The summed E-state index contributed by atoms with van der Waals surface area (Å²) in [4.78, 5) is 26.3. The molecule has 1 fully saturated rings. The molecule has 102 valence electrons. The van der Waals surface area contributed by atoms with Crippen molar-refractivity contribution in [3.63, 3.8) is 0 Å². The minimum absolute atomic E-state index is 0.0371. The number of aryl methyl sites for hydroxylation is 1. The molecule has 0 saturated carbocycles. The SMILES string of the molecule is Cc1ccc(N2C[C@H](C)N(CC(=O)O)CC2=O)cc1. The molecule has 0 aliphatic carbocycles. The van der Waals surface area contributed by atoms with Gasteiger partial charge in [-0.3, -0.25) is 14.5 Å². The summed E-state index contributed by atoms with van der Waals surface area (Å²) in [5, 5.41) is 8.82. The van der Waals surface area contributed by atoms with E-state index in [0.29, 0.717) is 6.54 Å². The first-order valence-corrected chi connectivity index (χ1v) is 6.30. The second kappa shape index (κ2) is 5.40. The van der Waals surface area contributed by atoms with Gasteiger partial charge in [0.05, 0.1) is 13.1 Å². The summed E-state index contributed by atoms with van der Waals surface area (Å²) in [5.41, 5.74) is 2.02. The van der Waals surface area contributed by atoms with Crippen LogP contribution in [-0.4, -0.2) is 47.6 Å². The lowest BCUT2D eigenvalue weighted by molar-refractivity contribution is -0.139. The van der Waals surface area contributed by atoms with E-state index in [4.69, 9.17) is 5.11 Å². The Hall–Kier alpha value is -1.88. The van der Waals surface area contributed by atoms with E-state index in [9.17, 15) is 9.59 Å². The Balaban J connectivity index is 2.12. The predicted molar refractivity (Wildman–Crippen MR) is 72.2 cm³/mol. The molecule has 5 nitrogen and oxygen atoms in total. The van der Waals surface area contributed by atoms with E-state index in [0.717, 1.165) is 11.3 Å². The zero-order valence-corrected chi connectivity index (χ0v) is 11.2. The molecular formula is C14H18N2O3. The van der Waals surface area contributed by atoms with Crippen molar-refractivity contribution in [1.82, 2.24) is 4.90 Å². The van der Waals surface area contributed by atoms with Crippen LogP contribution in [-0.2, 0) is 9.59 Å². The molecule has 0 spiro atoms. The molecule has 1 heterocycles. The number of rotatable bonds is 3. The smallest absolute Gasteiger partial charge is 0.317 e. The molecule has 0 radical (unpaired) electrons. The number of carboxylic acids is 1. The topological polar surface area (TPSA) is 60.9 Å². The maximum Gasteiger partial charge on any atom is 0.317 e. The van der Waals surface area contributed by atoms with E-state index in [1.54, 1.807) is 9.80 Å². The van der Waals surface area contributed by atoms with E-state index in [2.05, 4.69) is 0 Å². The number of aliphatic carboxylic acids is 1. The van der Waals surface area contributed by atoms with Crippen LogP contribution < -0.4 is 4.90 Å². The molecule has 0 unspecified atom stereocenters. The molecule has 19 heavy (non-hydrogen) atoms. The lowest BCUT2D eigenvalue weighted by atomic mass is 10.1. The van der Waals surface area contributed by atoms with Crippen molar-refractivity contribution in [2.24, 2.45) is 0 Å². The first-order valence-electron chi connectivity index (χ1n) is 6.30. The van der Waals surface area contributed by atoms with E-state index in [1.807, 2.05) is 38.1 Å². The van der Waals surface area contributed by atoms with Gasteiger partial charge >= 0.3 is 5.97 Å². The number of carboxylic acid groups (broad SMARTS) is 1. The van der Waals surface area contributed by atoms with Gasteiger partial charge < -0.3 is 10.0 Å². The van der Waals surface area contributed by atoms with Gasteiger partial charge in [0.25, 0.3) is 0 Å². The van der Waals surface area contributed by atoms with E-state index in [-0.39, 0.29) is 25.0 Å². The summed E-state index contributed by atoms with van der Waals surface area (Å²) < 4.78 is 0. The first kappa shape index (κ1) is 13.5. The van der Waals surface area contributed by atoms with Crippen LogP contribution in [0.25, 0.3) is 0 Å². The Morgan fingerprint density at radius 2 is 2.00 bits per heavy atom. The number of benzene rings is 1. The van der Waals surface area contributed by atoms with Crippen LogP contribution in [0.4, 0.5) is 5.69 Å². The zero-order valence-electron chi connectivity index (χ0n) is 11.2. The summed E-state index contributed by atoms with van der Waals surface area (Å²) in [6.07, 6.45) is 0. The van der Waals surface area contributed by atoms with Crippen molar-refractivity contribution in [2.45, 2.75) is 19.9 Å². The van der Waals surface area contributed by atoms with Gasteiger partial charge in [0.1, 0.15) is 0 Å². The molecule has 1 atom stereocenters. The van der Waals surface area contributed by atoms with Crippen LogP contribution in [0.1, 0.15) is 12.5 Å². The summed E-state index contributed by atoms with van der Waals surface area (Å²) in [6.45, 7) is 4.53. The number of nitrogens with zero attached hydrogens (tertiary/aromatic N) is 2. The van der Waals surface area contributed by atoms with Gasteiger partial charge in [0, 0.05) is 18.3 Å². The number of carbonyl (C=O) groups is 2. The molecule has 2 rings (SSSR count). The summed E-state index contributed by atoms with van der Waals surface area (Å²) in [6, 6.07) is 7.82. The summed E-state index contributed by atoms with van der Waals surface area (Å²) in [5.74, 6) is -0.952. The quantitative estimate of drug-likeness (QED) is 0.886. The van der Waals surface area contributed by atoms with Crippen molar-refractivity contribution in [2.75, 3.05) is 24.5 Å². The molecule has 1 aromatic rings. The highest BCUT2D eigenvalue weighted by Gasteiger charge is 2.31. The van der Waals surface area contributed by atoms with Crippen molar-refractivity contribution in [3.8, 4) is 0 Å². The van der Waals surface area contributed by atoms with Crippen LogP contribution in [0.2, 0.25) is 0 Å². The fourth-order valence-electron chi connectivity index (χ4n) is 2.26. The third-order valence-corrected chi connectivity index (χ3v) is 3.39. The van der Waals surface area contributed by atoms with E-state index < -0.39 is 5.97 Å². The molecular weight excluding hydrogens is 244 g/mol. The van der Waals surface area contributed by atoms with Crippen LogP contribution in [0, 0.1) is 6.92 Å². The molecule has 1 aliphatic heterocycles. The monoisotopic (exact) mass is 262 g/mol. The molecule has 1 aliphatic rings. The van der Waals surface area contributed by atoms with Gasteiger partial charge in [-0.25, -0.2) is 0 Å². The van der Waals surface area contributed by atoms with E-state index >= 15 is 0 Å². The van der Waals surface area contributed by atoms with Gasteiger partial charge in [-0.15, -0.1) is 0 Å². The molecule has 1 amide bonds. The highest BCUT2D eigenvalue weighted by atomic mass is 16.4. The Morgan fingerprint density at radius 3 is 2.58 bits per heavy atom. The van der Waals surface area contributed by atoms with Crippen molar-refractivity contribution in [3.05, 3.63) is 29.8 Å². The van der Waals surface area contributed by atoms with Gasteiger partial charge in [-0.1, -0.05) is 17.7 Å². The molecule has 0 aromatic heterocycles. The number of carbonyl (C=O) groups excluding carboxylic acids is 1. The number of amides is 1. The second-order valence-electron chi connectivity index (χ2n) is 4.99. The Labute approximate surface area is 112 Å². The maximum absolute atomic E-state index is 12.1. The van der Waals surface area contributed by atoms with Gasteiger partial charge in [-0.05, 0) is 26.0 Å². The Morgan fingerprint density at radius 1 is 1.37 bits per heavy atom. The highest BCUT2D eigenvalue weighted by Crippen LogP contribution is 2.20. The summed E-state index contributed by atoms with van der Waals surface area (Å²) >= 11 is 0. The molecule has 0 bridgehead atoms. The standard InChI is InChI=1S/C14H18N2O3/c1-10-3-5-12(6-4-10)16-7-11(2)15(8-13(16)17)9-14(18)19/h3-6,11H,7-9H2,1-2H3,(H,18,19)/t11-/m0/s1. The van der Waals surface area contributed by atoms with Crippen LogP contribution in [0.15, 0.2) is 24.3 Å². The lowest BCUT2D eigenvalue weighted by Gasteiger charge is -2.38. The van der Waals surface area contributed by atoms with Crippen LogP contribution in [0.3, 0.4) is 0 Å². The second-order valence-corrected chi connectivity index (χ2v) is 4.99. The average molecular weight is 262 g/mol. The predicted octanol–water partition coefficient (Wildman–Crippen LogP) is 1.12. The Bertz CT molecular complexity index is 484. The van der Waals surface area contributed by atoms with Crippen molar-refractivity contribution < 1.29 is 14.7 Å². The van der Waals surface area contributed by atoms with Gasteiger partial charge in [0.15, 0.2) is 0 Å². The highest BCUT2D eigenvalue weighted by molar-refractivity contribution is 5.96. The fourth-order valence-corrected chi connectivity index (χ4v) is 2.26. The fraction of sp³-hybridized carbons (Fsp3) is 0.429. The number of piperazine rings is 1. The zero-order chi connectivity index (χ0) is 14.0. The lowest BCUT2D eigenvalue weighted by Crippen LogP contribution is -2.56. The summed E-state index contributed by atoms with van der Waals surface area (Å²) in [7, 11) is 0. The van der Waals surface area contributed by atoms with Crippen LogP contribution >= 0.6 is 0 Å². The minimum atomic E-state index is -0.900. The minimum Gasteiger partial charge on any atom is -0.480 e.